The molecule has 0 atom stereocenters. The van der Waals surface area contributed by atoms with Crippen molar-refractivity contribution < 1.29 is 0 Å². The van der Waals surface area contributed by atoms with Gasteiger partial charge in [0.05, 0.1) is 16.1 Å². The van der Waals surface area contributed by atoms with E-state index in [9.17, 15) is 0 Å². The van der Waals surface area contributed by atoms with Crippen molar-refractivity contribution in [2.75, 3.05) is 0 Å². The minimum Gasteiger partial charge on any atom is -0.361 e. The molecule has 130 valence electrons. The summed E-state index contributed by atoms with van der Waals surface area (Å²) in [6.45, 7) is 14.3. The second-order valence-electron chi connectivity index (χ2n) is 8.96. The first-order chi connectivity index (χ1) is 11.6. The maximum atomic E-state index is 3.44. The molecule has 3 heteroatoms. The quantitative estimate of drug-likeness (QED) is 0.594. The van der Waals surface area contributed by atoms with E-state index in [0.717, 1.165) is 0 Å². The van der Waals surface area contributed by atoms with Crippen LogP contribution in [0.15, 0.2) is 60.8 Å². The predicted molar refractivity (Wildman–Crippen MR) is 118 cm³/mol. The van der Waals surface area contributed by atoms with Gasteiger partial charge in [-0.2, -0.15) is 0 Å². The number of hydrogen-bond donors (Lipinski definition) is 1. The van der Waals surface area contributed by atoms with Gasteiger partial charge in [-0.25, -0.2) is 0 Å². The Labute approximate surface area is 154 Å². The Balaban J connectivity index is 1.85. The Morgan fingerprint density at radius 1 is 0.560 bits per heavy atom. The van der Waals surface area contributed by atoms with Gasteiger partial charge in [-0.05, 0) is 22.8 Å². The van der Waals surface area contributed by atoms with E-state index in [2.05, 4.69) is 105 Å². The first kappa shape index (κ1) is 18.0. The molecule has 0 aliphatic heterocycles. The van der Waals surface area contributed by atoms with Gasteiger partial charge < -0.3 is 4.98 Å². The van der Waals surface area contributed by atoms with Gasteiger partial charge in [0, 0.05) is 11.9 Å². The third-order valence-corrected chi connectivity index (χ3v) is 8.96. The summed E-state index contributed by atoms with van der Waals surface area (Å²) in [5.41, 5.74) is 4.98. The lowest BCUT2D eigenvalue weighted by atomic mass is 10.1. The molecule has 0 aliphatic rings. The number of aromatic amines is 1. The van der Waals surface area contributed by atoms with Gasteiger partial charge in [-0.3, -0.25) is 0 Å². The van der Waals surface area contributed by atoms with Crippen LogP contribution < -0.4 is 10.4 Å². The van der Waals surface area contributed by atoms with E-state index < -0.39 is 16.1 Å². The number of H-pyrrole nitrogens is 1. The SMILES string of the molecule is C[Si](C)(C)c1ccc(-c2c[nH]c(-c3ccc([Si](C)(C)C)cc3)c2)cc1. The van der Waals surface area contributed by atoms with E-state index in [1.54, 1.807) is 0 Å². The van der Waals surface area contributed by atoms with E-state index in [1.807, 2.05) is 0 Å². The van der Waals surface area contributed by atoms with Crippen molar-refractivity contribution in [1.82, 2.24) is 4.98 Å². The average molecular weight is 364 g/mol. The molecule has 0 spiro atoms. The van der Waals surface area contributed by atoms with Gasteiger partial charge in [0.25, 0.3) is 0 Å². The Morgan fingerprint density at radius 3 is 1.44 bits per heavy atom. The number of nitrogens with one attached hydrogen (secondary N) is 1. The number of benzene rings is 2. The second kappa shape index (κ2) is 6.47. The minimum absolute atomic E-state index is 1.19. The highest BCUT2D eigenvalue weighted by molar-refractivity contribution is 6.89. The maximum Gasteiger partial charge on any atom is 0.0775 e. The van der Waals surface area contributed by atoms with Crippen molar-refractivity contribution in [2.45, 2.75) is 39.3 Å². The summed E-state index contributed by atoms with van der Waals surface area (Å²) in [7, 11) is -2.46. The van der Waals surface area contributed by atoms with E-state index >= 15 is 0 Å². The topological polar surface area (TPSA) is 15.8 Å². The molecule has 0 radical (unpaired) electrons. The van der Waals surface area contributed by atoms with Gasteiger partial charge in [-0.15, -0.1) is 0 Å². The fourth-order valence-corrected chi connectivity index (χ4v) is 5.37. The van der Waals surface area contributed by atoms with Crippen LogP contribution in [0.2, 0.25) is 39.3 Å². The fourth-order valence-electron chi connectivity index (χ4n) is 3.04. The zero-order chi connectivity index (χ0) is 18.2. The standard InChI is InChI=1S/C22H29NSi2/c1-24(2,3)20-11-7-17(8-12-20)19-15-22(23-16-19)18-9-13-21(14-10-18)25(4,5)6/h7-16,23H,1-6H3. The lowest BCUT2D eigenvalue weighted by Crippen LogP contribution is -2.37. The highest BCUT2D eigenvalue weighted by atomic mass is 28.3. The Morgan fingerprint density at radius 2 is 1.00 bits per heavy atom. The largest absolute Gasteiger partial charge is 0.361 e. The van der Waals surface area contributed by atoms with Crippen molar-refractivity contribution in [3.8, 4) is 22.4 Å². The normalized spacial score (nSPS) is 12.4. The van der Waals surface area contributed by atoms with Crippen molar-refractivity contribution in [3.63, 3.8) is 0 Å². The molecule has 25 heavy (non-hydrogen) atoms. The zero-order valence-corrected chi connectivity index (χ0v) is 18.3. The lowest BCUT2D eigenvalue weighted by molar-refractivity contribution is 1.40. The molecule has 0 bridgehead atoms. The molecule has 1 aromatic heterocycles. The molecule has 0 fully saturated rings. The number of aromatic nitrogens is 1. The van der Waals surface area contributed by atoms with E-state index in [1.165, 1.54) is 32.8 Å². The Hall–Kier alpha value is -1.85. The van der Waals surface area contributed by atoms with Crippen LogP contribution in [0.3, 0.4) is 0 Å². The van der Waals surface area contributed by atoms with Crippen molar-refractivity contribution in [1.29, 1.82) is 0 Å². The van der Waals surface area contributed by atoms with Crippen LogP contribution in [0.25, 0.3) is 22.4 Å². The summed E-state index contributed by atoms with van der Waals surface area (Å²) in [6.07, 6.45) is 2.12. The van der Waals surface area contributed by atoms with Crippen LogP contribution in [0.5, 0.6) is 0 Å². The van der Waals surface area contributed by atoms with Crippen LogP contribution in [-0.2, 0) is 0 Å². The lowest BCUT2D eigenvalue weighted by Gasteiger charge is -2.16. The minimum atomic E-state index is -1.23. The monoisotopic (exact) mass is 363 g/mol. The number of rotatable bonds is 4. The first-order valence-electron chi connectivity index (χ1n) is 9.05. The van der Waals surface area contributed by atoms with Gasteiger partial charge in [-0.1, -0.05) is 98.2 Å². The molecular weight excluding hydrogens is 334 g/mol. The molecule has 1 nitrogen and oxygen atoms in total. The van der Waals surface area contributed by atoms with Gasteiger partial charge in [0.15, 0.2) is 0 Å². The molecule has 0 saturated heterocycles. The van der Waals surface area contributed by atoms with Gasteiger partial charge in [0.1, 0.15) is 0 Å². The summed E-state index contributed by atoms with van der Waals surface area (Å²) < 4.78 is 0. The van der Waals surface area contributed by atoms with Crippen LogP contribution >= 0.6 is 0 Å². The van der Waals surface area contributed by atoms with Crippen LogP contribution in [-0.4, -0.2) is 21.1 Å². The summed E-state index contributed by atoms with van der Waals surface area (Å²) in [4.78, 5) is 3.44. The Kier molecular flexibility index (Phi) is 4.65. The van der Waals surface area contributed by atoms with Gasteiger partial charge >= 0.3 is 0 Å². The molecule has 0 unspecified atom stereocenters. The van der Waals surface area contributed by atoms with Crippen molar-refractivity contribution in [3.05, 3.63) is 60.8 Å². The zero-order valence-electron chi connectivity index (χ0n) is 16.3. The summed E-state index contributed by atoms with van der Waals surface area (Å²) in [5.74, 6) is 0. The molecule has 1 N–H and O–H groups in total. The molecule has 1 heterocycles. The summed E-state index contributed by atoms with van der Waals surface area (Å²) in [5, 5.41) is 3.01. The third-order valence-electron chi connectivity index (χ3n) is 4.83. The van der Waals surface area contributed by atoms with Crippen LogP contribution in [0, 0.1) is 0 Å². The van der Waals surface area contributed by atoms with Crippen molar-refractivity contribution in [2.24, 2.45) is 0 Å². The summed E-state index contributed by atoms with van der Waals surface area (Å²) >= 11 is 0. The highest BCUT2D eigenvalue weighted by Crippen LogP contribution is 2.25. The average Bonchev–Trinajstić information content (AvgIpc) is 3.03. The third kappa shape index (κ3) is 4.05. The smallest absolute Gasteiger partial charge is 0.0775 e. The number of hydrogen-bond acceptors (Lipinski definition) is 0. The maximum absolute atomic E-state index is 3.44. The predicted octanol–water partition coefficient (Wildman–Crippen LogP) is 5.44. The molecule has 0 amide bonds. The molecular formula is C22H29NSi2. The van der Waals surface area contributed by atoms with E-state index in [4.69, 9.17) is 0 Å². The van der Waals surface area contributed by atoms with Crippen LogP contribution in [0.4, 0.5) is 0 Å². The van der Waals surface area contributed by atoms with Gasteiger partial charge in [0.2, 0.25) is 0 Å². The van der Waals surface area contributed by atoms with Crippen molar-refractivity contribution >= 4 is 26.5 Å². The first-order valence-corrected chi connectivity index (χ1v) is 16.0. The molecule has 3 rings (SSSR count). The molecule has 3 aromatic rings. The Bertz CT molecular complexity index is 773. The molecule has 0 saturated carbocycles. The fraction of sp³-hybridized carbons (Fsp3) is 0.273. The molecule has 2 aromatic carbocycles. The molecule has 0 aliphatic carbocycles. The highest BCUT2D eigenvalue weighted by Gasteiger charge is 2.17. The summed E-state index contributed by atoms with van der Waals surface area (Å²) in [6, 6.07) is 20.5. The van der Waals surface area contributed by atoms with E-state index in [-0.39, 0.29) is 0 Å². The second-order valence-corrected chi connectivity index (χ2v) is 19.1. The van der Waals surface area contributed by atoms with Crippen LogP contribution in [0.1, 0.15) is 0 Å². The van der Waals surface area contributed by atoms with E-state index in [0.29, 0.717) is 0 Å².